The van der Waals surface area contributed by atoms with Crippen molar-refractivity contribution in [2.75, 3.05) is 0 Å². The first-order valence-electron chi connectivity index (χ1n) is 6.96. The third-order valence-electron chi connectivity index (χ3n) is 3.38. The zero-order valence-electron chi connectivity index (χ0n) is 12.6. The molecule has 2 rings (SSSR count). The second-order valence-electron chi connectivity index (χ2n) is 6.09. The van der Waals surface area contributed by atoms with Crippen molar-refractivity contribution in [3.63, 3.8) is 0 Å². The molecule has 0 N–H and O–H groups in total. The summed E-state index contributed by atoms with van der Waals surface area (Å²) in [5.74, 6) is 2.45. The molecule has 2 aromatic rings. The van der Waals surface area contributed by atoms with E-state index in [0.717, 1.165) is 22.6 Å². The first-order chi connectivity index (χ1) is 9.94. The molecule has 0 fully saturated rings. The van der Waals surface area contributed by atoms with Crippen molar-refractivity contribution >= 4 is 23.2 Å². The Morgan fingerprint density at radius 1 is 0.905 bits per heavy atom. The van der Waals surface area contributed by atoms with Crippen molar-refractivity contribution in [3.05, 3.63) is 59.2 Å². The molecule has 0 saturated heterocycles. The second-order valence-corrected chi connectivity index (χ2v) is 6.62. The van der Waals surface area contributed by atoms with Crippen LogP contribution in [0.5, 0.6) is 11.5 Å². The Kier molecular flexibility index (Phi) is 5.18. The van der Waals surface area contributed by atoms with Gasteiger partial charge in [0.1, 0.15) is 11.5 Å². The maximum Gasteiger partial charge on any atom is 0.132 e. The van der Waals surface area contributed by atoms with Gasteiger partial charge in [-0.05, 0) is 34.7 Å². The first kappa shape index (κ1) is 16.2. The fourth-order valence-corrected chi connectivity index (χ4v) is 2.42. The molecular weight excluding hydrogens is 303 g/mol. The fourth-order valence-electron chi connectivity index (χ4n) is 2.04. The van der Waals surface area contributed by atoms with Crippen LogP contribution in [0.1, 0.15) is 37.5 Å². The third kappa shape index (κ3) is 4.15. The molecule has 0 bridgehead atoms. The van der Waals surface area contributed by atoms with Crippen molar-refractivity contribution < 1.29 is 4.74 Å². The predicted octanol–water partition coefficient (Wildman–Crippen LogP) is 6.25. The summed E-state index contributed by atoms with van der Waals surface area (Å²) in [6.07, 6.45) is 0. The molecule has 0 radical (unpaired) electrons. The Morgan fingerprint density at radius 2 is 1.57 bits per heavy atom. The highest BCUT2D eigenvalue weighted by atomic mass is 35.5. The fraction of sp³-hybridized carbons (Fsp3) is 0.333. The molecule has 0 aliphatic rings. The van der Waals surface area contributed by atoms with Crippen molar-refractivity contribution in [3.8, 4) is 11.5 Å². The van der Waals surface area contributed by atoms with Gasteiger partial charge in [-0.1, -0.05) is 45.0 Å². The van der Waals surface area contributed by atoms with E-state index in [0.29, 0.717) is 11.8 Å². The molecule has 0 unspecified atom stereocenters. The Labute approximate surface area is 136 Å². The number of hydrogen-bond acceptors (Lipinski definition) is 1. The lowest BCUT2D eigenvalue weighted by Crippen LogP contribution is -2.10. The normalized spacial score (nSPS) is 11.5. The van der Waals surface area contributed by atoms with Crippen LogP contribution in [0.3, 0.4) is 0 Å². The van der Waals surface area contributed by atoms with Gasteiger partial charge in [-0.25, -0.2) is 0 Å². The number of rotatable bonds is 4. The van der Waals surface area contributed by atoms with E-state index >= 15 is 0 Å². The number of hydrogen-bond donors (Lipinski definition) is 0. The summed E-state index contributed by atoms with van der Waals surface area (Å²) < 4.78 is 5.97. The highest BCUT2D eigenvalue weighted by molar-refractivity contribution is 6.17. The average molecular weight is 323 g/mol. The van der Waals surface area contributed by atoms with Gasteiger partial charge in [0, 0.05) is 11.4 Å². The molecule has 0 aromatic heterocycles. The molecule has 0 amide bonds. The monoisotopic (exact) mass is 322 g/mol. The van der Waals surface area contributed by atoms with E-state index in [1.54, 1.807) is 0 Å². The zero-order chi connectivity index (χ0) is 15.5. The topological polar surface area (TPSA) is 9.23 Å². The minimum atomic E-state index is 0.137. The van der Waals surface area contributed by atoms with Crippen molar-refractivity contribution in [2.45, 2.75) is 37.9 Å². The highest BCUT2D eigenvalue weighted by Gasteiger charge is 2.13. The lowest BCUT2D eigenvalue weighted by molar-refractivity contribution is 0.476. The molecular formula is C18H20Cl2O. The molecule has 0 aliphatic carbocycles. The summed E-state index contributed by atoms with van der Waals surface area (Å²) >= 11 is 11.8. The molecule has 0 atom stereocenters. The van der Waals surface area contributed by atoms with Crippen LogP contribution in [0, 0.1) is 0 Å². The van der Waals surface area contributed by atoms with Crippen molar-refractivity contribution in [1.82, 2.24) is 0 Å². The van der Waals surface area contributed by atoms with Gasteiger partial charge in [-0.3, -0.25) is 0 Å². The van der Waals surface area contributed by atoms with Crippen LogP contribution < -0.4 is 4.74 Å². The molecule has 1 nitrogen and oxygen atoms in total. The Hall–Kier alpha value is -1.18. The Balaban J connectivity index is 2.25. The standard InChI is InChI=1S/C18H20Cl2O/c1-18(2,3)15-6-8-16(9-7-15)21-17-10-13(11-19)4-5-14(17)12-20/h4-10H,11-12H2,1-3H3. The maximum absolute atomic E-state index is 5.97. The van der Waals surface area contributed by atoms with Crippen molar-refractivity contribution in [2.24, 2.45) is 0 Å². The van der Waals surface area contributed by atoms with Gasteiger partial charge in [-0.15, -0.1) is 23.2 Å². The maximum atomic E-state index is 5.97. The van der Waals surface area contributed by atoms with Crippen LogP contribution in [0.2, 0.25) is 0 Å². The summed E-state index contributed by atoms with van der Waals surface area (Å²) in [7, 11) is 0. The van der Waals surface area contributed by atoms with Crippen LogP contribution in [0.25, 0.3) is 0 Å². The minimum Gasteiger partial charge on any atom is -0.457 e. The van der Waals surface area contributed by atoms with E-state index in [-0.39, 0.29) is 5.41 Å². The van der Waals surface area contributed by atoms with Crippen LogP contribution >= 0.6 is 23.2 Å². The van der Waals surface area contributed by atoms with E-state index in [4.69, 9.17) is 27.9 Å². The third-order valence-corrected chi connectivity index (χ3v) is 3.97. The molecule has 0 spiro atoms. The SMILES string of the molecule is CC(C)(C)c1ccc(Oc2cc(CCl)ccc2CCl)cc1. The average Bonchev–Trinajstić information content (AvgIpc) is 2.46. The molecule has 0 saturated carbocycles. The second kappa shape index (κ2) is 6.72. The first-order valence-corrected chi connectivity index (χ1v) is 8.03. The van der Waals surface area contributed by atoms with Gasteiger partial charge in [0.15, 0.2) is 0 Å². The summed E-state index contributed by atoms with van der Waals surface area (Å²) in [6, 6.07) is 14.1. The molecule has 21 heavy (non-hydrogen) atoms. The molecule has 3 heteroatoms. The number of alkyl halides is 2. The van der Waals surface area contributed by atoms with Gasteiger partial charge >= 0.3 is 0 Å². The van der Waals surface area contributed by atoms with Gasteiger partial charge in [-0.2, -0.15) is 0 Å². The molecule has 0 heterocycles. The van der Waals surface area contributed by atoms with Crippen LogP contribution in [0.4, 0.5) is 0 Å². The van der Waals surface area contributed by atoms with E-state index in [9.17, 15) is 0 Å². The van der Waals surface area contributed by atoms with Gasteiger partial charge in [0.05, 0.1) is 5.88 Å². The summed E-state index contributed by atoms with van der Waals surface area (Å²) in [5, 5.41) is 0. The smallest absolute Gasteiger partial charge is 0.132 e. The number of halogens is 2. The summed E-state index contributed by atoms with van der Waals surface area (Å²) in [4.78, 5) is 0. The number of ether oxygens (including phenoxy) is 1. The minimum absolute atomic E-state index is 0.137. The number of benzene rings is 2. The predicted molar refractivity (Wildman–Crippen MR) is 90.8 cm³/mol. The highest BCUT2D eigenvalue weighted by Crippen LogP contribution is 2.30. The Morgan fingerprint density at radius 3 is 2.10 bits per heavy atom. The molecule has 112 valence electrons. The lowest BCUT2D eigenvalue weighted by atomic mass is 9.87. The molecule has 0 aliphatic heterocycles. The van der Waals surface area contributed by atoms with E-state index in [1.165, 1.54) is 5.56 Å². The largest absolute Gasteiger partial charge is 0.457 e. The molecule has 2 aromatic carbocycles. The van der Waals surface area contributed by atoms with E-state index in [1.807, 2.05) is 30.3 Å². The van der Waals surface area contributed by atoms with Crippen molar-refractivity contribution in [1.29, 1.82) is 0 Å². The van der Waals surface area contributed by atoms with E-state index < -0.39 is 0 Å². The quantitative estimate of drug-likeness (QED) is 0.604. The Bertz CT molecular complexity index is 598. The summed E-state index contributed by atoms with van der Waals surface area (Å²) in [6.45, 7) is 6.58. The van der Waals surface area contributed by atoms with E-state index in [2.05, 4.69) is 32.9 Å². The lowest BCUT2D eigenvalue weighted by Gasteiger charge is -2.19. The van der Waals surface area contributed by atoms with Crippen LogP contribution in [-0.4, -0.2) is 0 Å². The zero-order valence-corrected chi connectivity index (χ0v) is 14.1. The van der Waals surface area contributed by atoms with Crippen LogP contribution in [0.15, 0.2) is 42.5 Å². The summed E-state index contributed by atoms with van der Waals surface area (Å²) in [5.41, 5.74) is 3.40. The van der Waals surface area contributed by atoms with Crippen LogP contribution in [-0.2, 0) is 17.2 Å². The van der Waals surface area contributed by atoms with Gasteiger partial charge in [0.25, 0.3) is 0 Å². The van der Waals surface area contributed by atoms with Gasteiger partial charge < -0.3 is 4.74 Å². The van der Waals surface area contributed by atoms with Gasteiger partial charge in [0.2, 0.25) is 0 Å².